The predicted octanol–water partition coefficient (Wildman–Crippen LogP) is 3.79. The number of nitrogens with zero attached hydrogens (tertiary/aromatic N) is 1. The van der Waals surface area contributed by atoms with Crippen molar-refractivity contribution in [3.05, 3.63) is 52.3 Å². The minimum atomic E-state index is -3.04. The summed E-state index contributed by atoms with van der Waals surface area (Å²) in [6.07, 6.45) is 1.14. The first-order valence-corrected chi connectivity index (χ1v) is 7.44. The number of anilines is 1. The van der Waals surface area contributed by atoms with Crippen LogP contribution in [0.5, 0.6) is 5.75 Å². The molecule has 1 amide bonds. The average Bonchev–Trinajstić information content (AvgIpc) is 2.56. The molecule has 0 aliphatic heterocycles. The van der Waals surface area contributed by atoms with E-state index in [0.717, 1.165) is 6.20 Å². The minimum absolute atomic E-state index is 0.00336. The van der Waals surface area contributed by atoms with Crippen LogP contribution in [0.3, 0.4) is 0 Å². The van der Waals surface area contributed by atoms with E-state index in [1.54, 1.807) is 0 Å². The number of carbonyl (C=O) groups is 2. The summed E-state index contributed by atoms with van der Waals surface area (Å²) in [5.74, 6) is -1.81. The molecule has 1 aromatic heterocycles. The Hall–Kier alpha value is -2.45. The van der Waals surface area contributed by atoms with Gasteiger partial charge in [-0.3, -0.25) is 4.79 Å². The molecule has 6 nitrogen and oxygen atoms in total. The van der Waals surface area contributed by atoms with Crippen molar-refractivity contribution in [1.29, 1.82) is 0 Å². The van der Waals surface area contributed by atoms with Crippen LogP contribution < -0.4 is 10.1 Å². The largest absolute Gasteiger partial charge is 0.452 e. The summed E-state index contributed by atoms with van der Waals surface area (Å²) in [5.41, 5.74) is 0.0173. The molecule has 0 fully saturated rings. The van der Waals surface area contributed by atoms with E-state index in [1.807, 2.05) is 0 Å². The van der Waals surface area contributed by atoms with Gasteiger partial charge in [0.2, 0.25) is 0 Å². The highest BCUT2D eigenvalue weighted by molar-refractivity contribution is 6.41. The van der Waals surface area contributed by atoms with Crippen LogP contribution in [0.15, 0.2) is 36.5 Å². The van der Waals surface area contributed by atoms with Crippen molar-refractivity contribution in [2.75, 3.05) is 11.9 Å². The number of nitrogens with one attached hydrogen (secondary N) is 1. The second-order valence-electron chi connectivity index (χ2n) is 4.50. The maximum Gasteiger partial charge on any atom is 0.387 e. The Kier molecular flexibility index (Phi) is 6.49. The third kappa shape index (κ3) is 5.54. The SMILES string of the molecule is O=C(COC(=O)c1cnc(Cl)c(Cl)c1)Nc1ccccc1OC(F)F. The first kappa shape index (κ1) is 18.9. The lowest BCUT2D eigenvalue weighted by Gasteiger charge is -2.11. The fourth-order valence-corrected chi connectivity index (χ4v) is 1.97. The maximum atomic E-state index is 12.3. The van der Waals surface area contributed by atoms with Crippen LogP contribution in [0, 0.1) is 0 Å². The van der Waals surface area contributed by atoms with Gasteiger partial charge in [0, 0.05) is 6.20 Å². The Labute approximate surface area is 150 Å². The molecule has 0 aliphatic carbocycles. The van der Waals surface area contributed by atoms with Gasteiger partial charge in [-0.2, -0.15) is 8.78 Å². The predicted molar refractivity (Wildman–Crippen MR) is 86.2 cm³/mol. The summed E-state index contributed by atoms with van der Waals surface area (Å²) in [5, 5.41) is 2.38. The number of pyridine rings is 1. The van der Waals surface area contributed by atoms with E-state index in [2.05, 4.69) is 15.0 Å². The van der Waals surface area contributed by atoms with Crippen LogP contribution in [0.4, 0.5) is 14.5 Å². The number of aromatic nitrogens is 1. The van der Waals surface area contributed by atoms with E-state index >= 15 is 0 Å². The number of ether oxygens (including phenoxy) is 2. The minimum Gasteiger partial charge on any atom is -0.452 e. The van der Waals surface area contributed by atoms with Crippen LogP contribution in [-0.4, -0.2) is 30.1 Å². The van der Waals surface area contributed by atoms with Crippen LogP contribution >= 0.6 is 23.2 Å². The van der Waals surface area contributed by atoms with Crippen molar-refractivity contribution in [3.8, 4) is 5.75 Å². The number of esters is 1. The van der Waals surface area contributed by atoms with Gasteiger partial charge in [-0.05, 0) is 18.2 Å². The molecule has 0 spiro atoms. The number of rotatable bonds is 6. The third-order valence-electron chi connectivity index (χ3n) is 2.74. The molecule has 0 atom stereocenters. The van der Waals surface area contributed by atoms with Gasteiger partial charge in [0.1, 0.15) is 10.9 Å². The highest BCUT2D eigenvalue weighted by Crippen LogP contribution is 2.25. The summed E-state index contributed by atoms with van der Waals surface area (Å²) in [6, 6.07) is 6.84. The number of hydrogen-bond acceptors (Lipinski definition) is 5. The number of benzene rings is 1. The van der Waals surface area contributed by atoms with Crippen LogP contribution in [0.2, 0.25) is 10.2 Å². The normalized spacial score (nSPS) is 10.4. The molecule has 0 saturated carbocycles. The molecule has 10 heteroatoms. The first-order chi connectivity index (χ1) is 11.9. The molecule has 2 aromatic rings. The summed E-state index contributed by atoms with van der Waals surface area (Å²) in [7, 11) is 0. The van der Waals surface area contributed by atoms with Gasteiger partial charge in [0.05, 0.1) is 16.3 Å². The molecule has 1 aromatic carbocycles. The van der Waals surface area contributed by atoms with Gasteiger partial charge in [0.15, 0.2) is 6.61 Å². The second kappa shape index (κ2) is 8.59. The number of alkyl halides is 2. The van der Waals surface area contributed by atoms with E-state index in [-0.39, 0.29) is 27.2 Å². The van der Waals surface area contributed by atoms with Crippen molar-refractivity contribution in [2.24, 2.45) is 0 Å². The topological polar surface area (TPSA) is 77.5 Å². The van der Waals surface area contributed by atoms with Crippen molar-refractivity contribution in [3.63, 3.8) is 0 Å². The van der Waals surface area contributed by atoms with Crippen molar-refractivity contribution >= 4 is 40.8 Å². The van der Waals surface area contributed by atoms with Crippen LogP contribution in [-0.2, 0) is 9.53 Å². The quantitative estimate of drug-likeness (QED) is 0.599. The Morgan fingerprint density at radius 2 is 1.96 bits per heavy atom. The van der Waals surface area contributed by atoms with E-state index in [1.165, 1.54) is 30.3 Å². The van der Waals surface area contributed by atoms with Gasteiger partial charge in [0.25, 0.3) is 5.91 Å². The van der Waals surface area contributed by atoms with E-state index in [0.29, 0.717) is 0 Å². The molecule has 1 N–H and O–H groups in total. The summed E-state index contributed by atoms with van der Waals surface area (Å²) in [6.45, 7) is -3.69. The van der Waals surface area contributed by atoms with Gasteiger partial charge >= 0.3 is 12.6 Å². The number of hydrogen-bond donors (Lipinski definition) is 1. The zero-order valence-electron chi connectivity index (χ0n) is 12.3. The lowest BCUT2D eigenvalue weighted by atomic mass is 10.3. The Bertz CT molecular complexity index is 790. The summed E-state index contributed by atoms with van der Waals surface area (Å²) in [4.78, 5) is 27.3. The van der Waals surface area contributed by atoms with Gasteiger partial charge in [-0.25, -0.2) is 9.78 Å². The number of para-hydroxylation sites is 2. The first-order valence-electron chi connectivity index (χ1n) is 6.68. The zero-order chi connectivity index (χ0) is 18.4. The Morgan fingerprint density at radius 3 is 2.64 bits per heavy atom. The standard InChI is InChI=1S/C15H10Cl2F2N2O4/c16-9-5-8(6-20-13(9)17)14(23)24-7-12(22)21-10-3-1-2-4-11(10)25-15(18)19/h1-6,15H,7H2,(H,21,22). The molecule has 0 radical (unpaired) electrons. The lowest BCUT2D eigenvalue weighted by molar-refractivity contribution is -0.119. The molecular weight excluding hydrogens is 381 g/mol. The molecule has 0 saturated heterocycles. The summed E-state index contributed by atoms with van der Waals surface area (Å²) >= 11 is 11.4. The van der Waals surface area contributed by atoms with Crippen LogP contribution in [0.1, 0.15) is 10.4 Å². The molecule has 132 valence electrons. The van der Waals surface area contributed by atoms with Crippen molar-refractivity contribution < 1.29 is 27.8 Å². The highest BCUT2D eigenvalue weighted by atomic mass is 35.5. The van der Waals surface area contributed by atoms with Gasteiger partial charge in [-0.15, -0.1) is 0 Å². The molecule has 1 heterocycles. The molecular formula is C15H10Cl2F2N2O4. The number of amides is 1. The number of carbonyl (C=O) groups excluding carboxylic acids is 2. The lowest BCUT2D eigenvalue weighted by Crippen LogP contribution is -2.21. The van der Waals surface area contributed by atoms with E-state index in [4.69, 9.17) is 27.9 Å². The van der Waals surface area contributed by atoms with Gasteiger partial charge < -0.3 is 14.8 Å². The average molecular weight is 391 g/mol. The smallest absolute Gasteiger partial charge is 0.387 e. The Morgan fingerprint density at radius 1 is 1.24 bits per heavy atom. The second-order valence-corrected chi connectivity index (χ2v) is 5.26. The van der Waals surface area contributed by atoms with E-state index < -0.39 is 25.1 Å². The van der Waals surface area contributed by atoms with E-state index in [9.17, 15) is 18.4 Å². The fourth-order valence-electron chi connectivity index (χ4n) is 1.70. The number of halogens is 4. The third-order valence-corrected chi connectivity index (χ3v) is 3.43. The monoisotopic (exact) mass is 390 g/mol. The molecule has 2 rings (SSSR count). The summed E-state index contributed by atoms with van der Waals surface area (Å²) < 4.78 is 33.7. The zero-order valence-corrected chi connectivity index (χ0v) is 13.9. The molecule has 0 bridgehead atoms. The highest BCUT2D eigenvalue weighted by Gasteiger charge is 2.15. The fraction of sp³-hybridized carbons (Fsp3) is 0.133. The molecule has 0 unspecified atom stereocenters. The maximum absolute atomic E-state index is 12.3. The Balaban J connectivity index is 1.94. The van der Waals surface area contributed by atoms with Crippen molar-refractivity contribution in [1.82, 2.24) is 4.98 Å². The van der Waals surface area contributed by atoms with Crippen LogP contribution in [0.25, 0.3) is 0 Å². The molecule has 25 heavy (non-hydrogen) atoms. The van der Waals surface area contributed by atoms with Crippen molar-refractivity contribution in [2.45, 2.75) is 6.61 Å². The van der Waals surface area contributed by atoms with Gasteiger partial charge in [-0.1, -0.05) is 35.3 Å². The molecule has 0 aliphatic rings.